The molecule has 0 saturated carbocycles. The second-order valence-electron chi connectivity index (χ2n) is 15.3. The van der Waals surface area contributed by atoms with Crippen molar-refractivity contribution in [2.75, 3.05) is 73.5 Å². The maximum Gasteiger partial charge on any atom is 0.125 e. The first-order chi connectivity index (χ1) is 31.5. The summed E-state index contributed by atoms with van der Waals surface area (Å²) < 4.78 is 40.2. The highest BCUT2D eigenvalue weighted by molar-refractivity contribution is 9.10. The first kappa shape index (κ1) is 45.8. The third-order valence-electron chi connectivity index (χ3n) is 11.0. The Labute approximate surface area is 398 Å². The van der Waals surface area contributed by atoms with Gasteiger partial charge in [-0.05, 0) is 104 Å². The van der Waals surface area contributed by atoms with Crippen molar-refractivity contribution in [2.45, 2.75) is 13.8 Å². The summed E-state index contributed by atoms with van der Waals surface area (Å²) in [5.41, 5.74) is 16.6. The summed E-state index contributed by atoms with van der Waals surface area (Å²) in [6, 6.07) is 32.6. The van der Waals surface area contributed by atoms with E-state index >= 15 is 0 Å². The summed E-state index contributed by atoms with van der Waals surface area (Å²) in [4.78, 5) is 22.6. The van der Waals surface area contributed by atoms with Crippen molar-refractivity contribution < 1.29 is 18.3 Å². The van der Waals surface area contributed by atoms with Crippen molar-refractivity contribution in [3.63, 3.8) is 0 Å². The summed E-state index contributed by atoms with van der Waals surface area (Å²) in [7, 11) is 0. The molecule has 2 aliphatic heterocycles. The van der Waals surface area contributed by atoms with Crippen LogP contribution in [0.5, 0.6) is 0 Å². The lowest BCUT2D eigenvalue weighted by molar-refractivity contribution is 0.122. The largest absolute Gasteiger partial charge is 0.397 e. The number of fused-ring (bicyclic) bond motifs is 2. The first-order valence-electron chi connectivity index (χ1n) is 21.0. The number of halogens is 5. The molecule has 0 atom stereocenters. The molecule has 0 aliphatic carbocycles. The van der Waals surface area contributed by atoms with Gasteiger partial charge in [-0.1, -0.05) is 55.6 Å². The van der Waals surface area contributed by atoms with Crippen LogP contribution in [-0.4, -0.2) is 72.5 Å². The van der Waals surface area contributed by atoms with Gasteiger partial charge in [-0.25, -0.2) is 18.7 Å². The van der Waals surface area contributed by atoms with Crippen LogP contribution in [0.2, 0.25) is 5.02 Å². The highest BCUT2D eigenvalue weighted by atomic mass is 79.9. The van der Waals surface area contributed by atoms with Crippen molar-refractivity contribution in [2.24, 2.45) is 0 Å². The molecule has 6 heterocycles. The van der Waals surface area contributed by atoms with Gasteiger partial charge in [0.2, 0.25) is 0 Å². The van der Waals surface area contributed by atoms with Gasteiger partial charge in [0.05, 0.1) is 93.7 Å². The zero-order valence-electron chi connectivity index (χ0n) is 35.7. The third-order valence-corrected chi connectivity index (χ3v) is 12.5. The number of anilines is 5. The van der Waals surface area contributed by atoms with Crippen molar-refractivity contribution in [3.05, 3.63) is 158 Å². The number of aromatic nitrogens is 4. The molecule has 332 valence electrons. The topological polar surface area (TPSA) is 115 Å². The van der Waals surface area contributed by atoms with Crippen molar-refractivity contribution in [1.29, 1.82) is 0 Å². The minimum absolute atomic E-state index is 0.316. The number of nitrogen functional groups attached to an aromatic ring is 1. The fourth-order valence-corrected chi connectivity index (χ4v) is 8.72. The minimum atomic E-state index is -0.327. The van der Waals surface area contributed by atoms with E-state index in [2.05, 4.69) is 74.1 Å². The molecule has 0 spiro atoms. The van der Waals surface area contributed by atoms with Gasteiger partial charge in [0.25, 0.3) is 0 Å². The number of morpholine rings is 2. The van der Waals surface area contributed by atoms with Gasteiger partial charge in [-0.3, -0.25) is 9.97 Å². The fourth-order valence-electron chi connectivity index (χ4n) is 7.73. The second-order valence-corrected chi connectivity index (χ2v) is 17.5. The summed E-state index contributed by atoms with van der Waals surface area (Å²) in [5, 5.41) is 5.85. The Kier molecular flexibility index (Phi) is 14.8. The maximum atomic E-state index is 14.1. The van der Waals surface area contributed by atoms with Gasteiger partial charge in [0, 0.05) is 76.0 Å². The monoisotopic (exact) mass is 1020 g/mol. The number of rotatable bonds is 6. The Hall–Kier alpha value is -5.77. The predicted octanol–water partition coefficient (Wildman–Crippen LogP) is 12.4. The predicted molar refractivity (Wildman–Crippen MR) is 266 cm³/mol. The lowest BCUT2D eigenvalue weighted by atomic mass is 10.0. The Morgan fingerprint density at radius 2 is 1.12 bits per heavy atom. The number of hydrogen-bond acceptors (Lipinski definition) is 10. The molecule has 10 rings (SSSR count). The molecule has 4 aromatic heterocycles. The Bertz CT molecular complexity index is 2940. The van der Waals surface area contributed by atoms with Crippen LogP contribution in [0.3, 0.4) is 0 Å². The van der Waals surface area contributed by atoms with E-state index in [1.807, 2.05) is 74.5 Å². The molecule has 65 heavy (non-hydrogen) atoms. The summed E-state index contributed by atoms with van der Waals surface area (Å²) in [6.07, 6.45) is 3.43. The van der Waals surface area contributed by atoms with E-state index in [9.17, 15) is 8.78 Å². The lowest BCUT2D eigenvalue weighted by Crippen LogP contribution is -2.36. The summed E-state index contributed by atoms with van der Waals surface area (Å²) in [5.74, 6) is -0.643. The van der Waals surface area contributed by atoms with Gasteiger partial charge in [0.15, 0.2) is 0 Å². The van der Waals surface area contributed by atoms with E-state index < -0.39 is 0 Å². The highest BCUT2D eigenvalue weighted by Gasteiger charge is 2.20. The number of nitrogens with zero attached hydrogens (tertiary/aromatic N) is 6. The normalized spacial score (nSPS) is 13.8. The molecule has 10 nitrogen and oxygen atoms in total. The molecule has 4 aromatic carbocycles. The van der Waals surface area contributed by atoms with Crippen LogP contribution >= 0.6 is 43.5 Å². The van der Waals surface area contributed by atoms with Crippen LogP contribution in [-0.2, 0) is 9.47 Å². The van der Waals surface area contributed by atoms with E-state index in [4.69, 9.17) is 31.8 Å². The van der Waals surface area contributed by atoms with E-state index in [0.717, 1.165) is 116 Å². The zero-order chi connectivity index (χ0) is 45.5. The maximum absolute atomic E-state index is 14.1. The molecule has 0 unspecified atom stereocenters. The zero-order valence-corrected chi connectivity index (χ0v) is 39.6. The average molecular weight is 1020 g/mol. The number of pyridine rings is 4. The van der Waals surface area contributed by atoms with Crippen molar-refractivity contribution in [1.82, 2.24) is 19.9 Å². The Balaban J connectivity index is 0.000000147. The van der Waals surface area contributed by atoms with Crippen molar-refractivity contribution in [3.8, 4) is 22.8 Å². The van der Waals surface area contributed by atoms with E-state index in [1.54, 1.807) is 24.5 Å². The number of ether oxygens (including phenoxy) is 2. The SMILES string of the molecule is Cc1c(-c2ccccn2)nc2cc(F)ccc2c1Cl.Cc1c(-c2ccccn2)nc2cc(F)ccc2c1Nc1cc(Br)ccc1N1CCOCC1.Nc1cc(Br)ccc1N1CCOCC1. The average Bonchev–Trinajstić information content (AvgIpc) is 3.32. The first-order valence-corrected chi connectivity index (χ1v) is 23.0. The Morgan fingerprint density at radius 1 is 0.615 bits per heavy atom. The van der Waals surface area contributed by atoms with Crippen LogP contribution in [0.25, 0.3) is 44.6 Å². The number of nitrogens with two attached hydrogens (primary N) is 1. The molecule has 8 aromatic rings. The molecular weight excluding hydrogens is 978 g/mol. The van der Waals surface area contributed by atoms with Crippen LogP contribution in [0, 0.1) is 25.5 Å². The minimum Gasteiger partial charge on any atom is -0.397 e. The molecule has 2 aliphatic rings. The van der Waals surface area contributed by atoms with Gasteiger partial charge >= 0.3 is 0 Å². The number of nitrogens with one attached hydrogen (secondary N) is 1. The quantitative estimate of drug-likeness (QED) is 0.156. The summed E-state index contributed by atoms with van der Waals surface area (Å²) >= 11 is 13.3. The van der Waals surface area contributed by atoms with Gasteiger partial charge in [0.1, 0.15) is 11.6 Å². The summed E-state index contributed by atoms with van der Waals surface area (Å²) in [6.45, 7) is 10.4. The molecule has 2 fully saturated rings. The van der Waals surface area contributed by atoms with Gasteiger partial charge in [-0.15, -0.1) is 0 Å². The fraction of sp³-hybridized carbons (Fsp3) is 0.200. The number of hydrogen-bond donors (Lipinski definition) is 2. The lowest BCUT2D eigenvalue weighted by Gasteiger charge is -2.31. The second kappa shape index (κ2) is 21.0. The third kappa shape index (κ3) is 10.9. The highest BCUT2D eigenvalue weighted by Crippen LogP contribution is 2.39. The molecule has 15 heteroatoms. The smallest absolute Gasteiger partial charge is 0.125 e. The Morgan fingerprint density at radius 3 is 1.68 bits per heavy atom. The van der Waals surface area contributed by atoms with Gasteiger partial charge in [-0.2, -0.15) is 0 Å². The molecule has 0 bridgehead atoms. The van der Waals surface area contributed by atoms with Gasteiger partial charge < -0.3 is 30.3 Å². The molecule has 0 radical (unpaired) electrons. The van der Waals surface area contributed by atoms with E-state index in [-0.39, 0.29) is 11.6 Å². The molecule has 2 saturated heterocycles. The molecule has 3 N–H and O–H groups in total. The standard InChI is InChI=1S/C25H22BrFN4O.C15H10ClFN2.C10H13BrN2O/c1-16-24(30-22-14-17(26)5-8-23(22)31-10-12-32-13-11-31)19-7-6-18(27)15-21(19)29-25(16)20-4-2-3-9-28-20;1-9-14(16)11-6-5-10(17)8-13(11)19-15(9)12-4-2-3-7-18-12;11-8-1-2-10(9(12)7-8)13-3-5-14-6-4-13/h2-9,14-15H,10-13H2,1H3,(H,29,30);2-8H,1H3;1-2,7H,3-6,12H2. The molecular formula is C50H45Br2ClF2N8O2. The van der Waals surface area contributed by atoms with Crippen LogP contribution in [0.4, 0.5) is 37.2 Å². The van der Waals surface area contributed by atoms with E-state index in [1.165, 1.54) is 24.3 Å². The van der Waals surface area contributed by atoms with Crippen LogP contribution in [0.1, 0.15) is 11.1 Å². The van der Waals surface area contributed by atoms with Crippen LogP contribution < -0.4 is 20.9 Å². The number of benzene rings is 4. The molecule has 0 amide bonds. The van der Waals surface area contributed by atoms with Crippen LogP contribution in [0.15, 0.2) is 131 Å². The van der Waals surface area contributed by atoms with Crippen molar-refractivity contribution >= 4 is 93.7 Å². The van der Waals surface area contributed by atoms with E-state index in [0.29, 0.717) is 35.0 Å².